The summed E-state index contributed by atoms with van der Waals surface area (Å²) >= 11 is 0. The van der Waals surface area contributed by atoms with Crippen LogP contribution in [0.25, 0.3) is 11.5 Å². The number of para-hydroxylation sites is 1. The van der Waals surface area contributed by atoms with Crippen LogP contribution in [0.1, 0.15) is 16.4 Å². The standard InChI is InChI=1S/C14H11N3O3/c1-9-15-14(20-17-9)10-5-2-3-6-11(10)16-13(18)12-7-4-8-19-12/h2-8H,1H3,(H,16,18). The first-order valence-corrected chi connectivity index (χ1v) is 5.98. The number of nitrogens with one attached hydrogen (secondary N) is 1. The van der Waals surface area contributed by atoms with Gasteiger partial charge in [-0.05, 0) is 31.2 Å². The second-order valence-corrected chi connectivity index (χ2v) is 4.12. The van der Waals surface area contributed by atoms with E-state index < -0.39 is 0 Å². The minimum Gasteiger partial charge on any atom is -0.459 e. The van der Waals surface area contributed by atoms with E-state index >= 15 is 0 Å². The minimum atomic E-state index is -0.335. The van der Waals surface area contributed by atoms with Crippen molar-refractivity contribution in [2.75, 3.05) is 5.32 Å². The zero-order valence-electron chi connectivity index (χ0n) is 10.7. The molecule has 3 aromatic rings. The number of anilines is 1. The predicted molar refractivity (Wildman–Crippen MR) is 71.1 cm³/mol. The Bertz CT molecular complexity index is 732. The molecule has 0 radical (unpaired) electrons. The number of aromatic nitrogens is 2. The van der Waals surface area contributed by atoms with Gasteiger partial charge in [-0.1, -0.05) is 17.3 Å². The molecule has 0 fully saturated rings. The lowest BCUT2D eigenvalue weighted by molar-refractivity contribution is 0.0996. The lowest BCUT2D eigenvalue weighted by Crippen LogP contribution is -2.11. The third kappa shape index (κ3) is 2.31. The third-order valence-electron chi connectivity index (χ3n) is 2.68. The first-order chi connectivity index (χ1) is 9.74. The molecule has 0 unspecified atom stereocenters. The zero-order valence-corrected chi connectivity index (χ0v) is 10.7. The number of hydrogen-bond acceptors (Lipinski definition) is 5. The number of amides is 1. The topological polar surface area (TPSA) is 81.2 Å². The first kappa shape index (κ1) is 12.2. The largest absolute Gasteiger partial charge is 0.459 e. The highest BCUT2D eigenvalue weighted by molar-refractivity contribution is 6.04. The molecule has 2 aromatic heterocycles. The van der Waals surface area contributed by atoms with Crippen LogP contribution in [0.3, 0.4) is 0 Å². The van der Waals surface area contributed by atoms with Crippen LogP contribution in [-0.2, 0) is 0 Å². The normalized spacial score (nSPS) is 10.4. The summed E-state index contributed by atoms with van der Waals surface area (Å²) in [5.41, 5.74) is 1.24. The van der Waals surface area contributed by atoms with Crippen molar-refractivity contribution >= 4 is 11.6 Å². The minimum absolute atomic E-state index is 0.238. The van der Waals surface area contributed by atoms with Gasteiger partial charge in [0.15, 0.2) is 11.6 Å². The van der Waals surface area contributed by atoms with Crippen molar-refractivity contribution in [1.29, 1.82) is 0 Å². The van der Waals surface area contributed by atoms with E-state index in [-0.39, 0.29) is 11.7 Å². The molecule has 6 heteroatoms. The smallest absolute Gasteiger partial charge is 0.291 e. The fraction of sp³-hybridized carbons (Fsp3) is 0.0714. The summed E-state index contributed by atoms with van der Waals surface area (Å²) in [6.07, 6.45) is 1.45. The van der Waals surface area contributed by atoms with E-state index in [9.17, 15) is 4.79 Å². The predicted octanol–water partition coefficient (Wildman–Crippen LogP) is 2.89. The summed E-state index contributed by atoms with van der Waals surface area (Å²) in [5, 5.41) is 6.51. The number of nitrogens with zero attached hydrogens (tertiary/aromatic N) is 2. The molecule has 0 aliphatic heterocycles. The molecule has 0 spiro atoms. The second kappa shape index (κ2) is 5.00. The SMILES string of the molecule is Cc1noc(-c2ccccc2NC(=O)c2ccco2)n1. The Morgan fingerprint density at radius 2 is 2.05 bits per heavy atom. The fourth-order valence-electron chi connectivity index (χ4n) is 1.78. The van der Waals surface area contributed by atoms with E-state index in [0.717, 1.165) is 0 Å². The number of carbonyl (C=O) groups is 1. The Kier molecular flexibility index (Phi) is 3.04. The Hall–Kier alpha value is -2.89. The van der Waals surface area contributed by atoms with Gasteiger partial charge in [0.1, 0.15) is 0 Å². The molecule has 100 valence electrons. The molecule has 1 N–H and O–H groups in total. The average Bonchev–Trinajstić information content (AvgIpc) is 3.10. The van der Waals surface area contributed by atoms with Gasteiger partial charge in [0, 0.05) is 0 Å². The van der Waals surface area contributed by atoms with E-state index in [0.29, 0.717) is 23.0 Å². The number of aryl methyl sites for hydroxylation is 1. The Labute approximate surface area is 114 Å². The summed E-state index contributed by atoms with van der Waals surface area (Å²) in [6.45, 7) is 1.73. The van der Waals surface area contributed by atoms with Gasteiger partial charge in [0.25, 0.3) is 11.8 Å². The Balaban J connectivity index is 1.92. The van der Waals surface area contributed by atoms with Gasteiger partial charge < -0.3 is 14.3 Å². The molecule has 0 aliphatic rings. The first-order valence-electron chi connectivity index (χ1n) is 5.98. The van der Waals surface area contributed by atoms with Crippen LogP contribution in [0.4, 0.5) is 5.69 Å². The van der Waals surface area contributed by atoms with Crippen LogP contribution in [0, 0.1) is 6.92 Å². The van der Waals surface area contributed by atoms with Gasteiger partial charge in [0.05, 0.1) is 17.5 Å². The van der Waals surface area contributed by atoms with E-state index in [1.54, 1.807) is 31.2 Å². The molecule has 1 aromatic carbocycles. The van der Waals surface area contributed by atoms with E-state index in [4.69, 9.17) is 8.94 Å². The highest BCUT2D eigenvalue weighted by Crippen LogP contribution is 2.26. The van der Waals surface area contributed by atoms with Crippen molar-refractivity contribution in [2.45, 2.75) is 6.92 Å². The molecule has 20 heavy (non-hydrogen) atoms. The van der Waals surface area contributed by atoms with Gasteiger partial charge in [0.2, 0.25) is 0 Å². The molecular formula is C14H11N3O3. The molecule has 0 saturated carbocycles. The summed E-state index contributed by atoms with van der Waals surface area (Å²) in [7, 11) is 0. The van der Waals surface area contributed by atoms with Crippen molar-refractivity contribution in [3.63, 3.8) is 0 Å². The van der Waals surface area contributed by atoms with Gasteiger partial charge in [-0.3, -0.25) is 4.79 Å². The third-order valence-corrected chi connectivity index (χ3v) is 2.68. The van der Waals surface area contributed by atoms with Gasteiger partial charge in [-0.15, -0.1) is 0 Å². The molecule has 0 bridgehead atoms. The van der Waals surface area contributed by atoms with Gasteiger partial charge in [-0.25, -0.2) is 0 Å². The van der Waals surface area contributed by atoms with Crippen LogP contribution in [0.2, 0.25) is 0 Å². The Morgan fingerprint density at radius 3 is 2.75 bits per heavy atom. The van der Waals surface area contributed by atoms with Crippen molar-refractivity contribution in [3.8, 4) is 11.5 Å². The van der Waals surface area contributed by atoms with E-state index in [1.165, 1.54) is 6.26 Å². The van der Waals surface area contributed by atoms with E-state index in [1.807, 2.05) is 12.1 Å². The highest BCUT2D eigenvalue weighted by Gasteiger charge is 2.15. The van der Waals surface area contributed by atoms with Crippen molar-refractivity contribution in [3.05, 3.63) is 54.2 Å². The maximum absolute atomic E-state index is 12.0. The lowest BCUT2D eigenvalue weighted by Gasteiger charge is -2.06. The number of rotatable bonds is 3. The molecule has 2 heterocycles. The number of carbonyl (C=O) groups excluding carboxylic acids is 1. The quantitative estimate of drug-likeness (QED) is 0.790. The molecule has 0 aliphatic carbocycles. The van der Waals surface area contributed by atoms with Gasteiger partial charge in [-0.2, -0.15) is 4.98 Å². The lowest BCUT2D eigenvalue weighted by atomic mass is 10.1. The maximum Gasteiger partial charge on any atom is 0.291 e. The molecule has 3 rings (SSSR count). The van der Waals surface area contributed by atoms with E-state index in [2.05, 4.69) is 15.5 Å². The van der Waals surface area contributed by atoms with Crippen LogP contribution in [-0.4, -0.2) is 16.0 Å². The summed E-state index contributed by atoms with van der Waals surface area (Å²) in [6, 6.07) is 10.4. The fourth-order valence-corrected chi connectivity index (χ4v) is 1.78. The molecule has 6 nitrogen and oxygen atoms in total. The van der Waals surface area contributed by atoms with Crippen LogP contribution >= 0.6 is 0 Å². The zero-order chi connectivity index (χ0) is 13.9. The van der Waals surface area contributed by atoms with Crippen molar-refractivity contribution in [2.24, 2.45) is 0 Å². The number of benzene rings is 1. The second-order valence-electron chi connectivity index (χ2n) is 4.12. The molecule has 1 amide bonds. The average molecular weight is 269 g/mol. The van der Waals surface area contributed by atoms with Crippen LogP contribution in [0.5, 0.6) is 0 Å². The van der Waals surface area contributed by atoms with Crippen LogP contribution in [0.15, 0.2) is 51.6 Å². The maximum atomic E-state index is 12.0. The molecule has 0 saturated heterocycles. The van der Waals surface area contributed by atoms with Gasteiger partial charge >= 0.3 is 0 Å². The van der Waals surface area contributed by atoms with Crippen LogP contribution < -0.4 is 5.32 Å². The highest BCUT2D eigenvalue weighted by atomic mass is 16.5. The van der Waals surface area contributed by atoms with Crippen molar-refractivity contribution in [1.82, 2.24) is 10.1 Å². The monoisotopic (exact) mass is 269 g/mol. The molecule has 0 atom stereocenters. The number of hydrogen-bond donors (Lipinski definition) is 1. The summed E-state index contributed by atoms with van der Waals surface area (Å²) in [4.78, 5) is 16.2. The molecular weight excluding hydrogens is 258 g/mol. The number of furan rings is 1. The van der Waals surface area contributed by atoms with Crippen molar-refractivity contribution < 1.29 is 13.7 Å². The summed E-state index contributed by atoms with van der Waals surface area (Å²) < 4.78 is 10.2. The Morgan fingerprint density at radius 1 is 1.20 bits per heavy atom. The summed E-state index contributed by atoms with van der Waals surface area (Å²) in [5.74, 6) is 0.796.